The molecule has 7 heteroatoms. The summed E-state index contributed by atoms with van der Waals surface area (Å²) in [6.45, 7) is 3.32. The van der Waals surface area contributed by atoms with Crippen molar-refractivity contribution in [3.8, 4) is 0 Å². The number of nitrogens with zero attached hydrogens (tertiary/aromatic N) is 4. The molecule has 1 atom stereocenters. The number of hydrogen-bond acceptors (Lipinski definition) is 5. The Balaban J connectivity index is 1.68. The van der Waals surface area contributed by atoms with Gasteiger partial charge in [-0.25, -0.2) is 0 Å². The Morgan fingerprint density at radius 1 is 1.43 bits per heavy atom. The highest BCUT2D eigenvalue weighted by molar-refractivity contribution is 7.07. The Labute approximate surface area is 140 Å². The van der Waals surface area contributed by atoms with Crippen LogP contribution in [-0.2, 0) is 29.2 Å². The fraction of sp³-hybridized carbons (Fsp3) is 0.500. The molecule has 3 rings (SSSR count). The van der Waals surface area contributed by atoms with Crippen LogP contribution in [0.15, 0.2) is 29.1 Å². The molecule has 0 fully saturated rings. The first kappa shape index (κ1) is 16.2. The van der Waals surface area contributed by atoms with Gasteiger partial charge in [0.05, 0.1) is 18.3 Å². The van der Waals surface area contributed by atoms with Crippen LogP contribution in [0.5, 0.6) is 0 Å². The third kappa shape index (κ3) is 4.19. The molecule has 0 spiro atoms. The van der Waals surface area contributed by atoms with E-state index in [4.69, 9.17) is 4.74 Å². The van der Waals surface area contributed by atoms with Crippen molar-refractivity contribution in [2.75, 3.05) is 27.2 Å². The van der Waals surface area contributed by atoms with E-state index in [0.29, 0.717) is 6.54 Å². The molecular formula is C16H22N4O2S. The van der Waals surface area contributed by atoms with E-state index in [-0.39, 0.29) is 18.6 Å². The van der Waals surface area contributed by atoms with E-state index in [2.05, 4.69) is 26.8 Å². The Morgan fingerprint density at radius 2 is 2.30 bits per heavy atom. The van der Waals surface area contributed by atoms with Crippen LogP contribution in [0.4, 0.5) is 0 Å². The molecule has 0 N–H and O–H groups in total. The van der Waals surface area contributed by atoms with Crippen molar-refractivity contribution < 1.29 is 9.53 Å². The number of carbonyl (C=O) groups is 1. The minimum absolute atomic E-state index is 0.0145. The number of carbonyl (C=O) groups excluding carboxylic acids is 1. The van der Waals surface area contributed by atoms with Gasteiger partial charge in [-0.2, -0.15) is 16.4 Å². The summed E-state index contributed by atoms with van der Waals surface area (Å²) >= 11 is 1.71. The number of thiophene rings is 1. The van der Waals surface area contributed by atoms with Crippen molar-refractivity contribution >= 4 is 17.2 Å². The van der Waals surface area contributed by atoms with Crippen LogP contribution in [0.25, 0.3) is 0 Å². The Bertz CT molecular complexity index is 638. The first-order valence-electron chi connectivity index (χ1n) is 7.67. The Kier molecular flexibility index (Phi) is 5.09. The van der Waals surface area contributed by atoms with E-state index in [1.807, 2.05) is 16.9 Å². The lowest BCUT2D eigenvalue weighted by molar-refractivity contribution is -0.136. The van der Waals surface area contributed by atoms with Gasteiger partial charge in [-0.15, -0.1) is 0 Å². The first-order valence-corrected chi connectivity index (χ1v) is 8.62. The van der Waals surface area contributed by atoms with Crippen molar-refractivity contribution in [3.63, 3.8) is 0 Å². The number of ether oxygens (including phenoxy) is 1. The van der Waals surface area contributed by atoms with Crippen molar-refractivity contribution in [3.05, 3.63) is 40.3 Å². The van der Waals surface area contributed by atoms with Crippen molar-refractivity contribution in [2.24, 2.45) is 0 Å². The molecule has 23 heavy (non-hydrogen) atoms. The second-order valence-electron chi connectivity index (χ2n) is 6.03. The minimum atomic E-state index is -0.0429. The quantitative estimate of drug-likeness (QED) is 0.830. The van der Waals surface area contributed by atoms with Crippen LogP contribution < -0.4 is 0 Å². The van der Waals surface area contributed by atoms with Crippen molar-refractivity contribution in [2.45, 2.75) is 25.7 Å². The third-order valence-electron chi connectivity index (χ3n) is 3.96. The van der Waals surface area contributed by atoms with Gasteiger partial charge >= 0.3 is 0 Å². The fourth-order valence-corrected chi connectivity index (χ4v) is 3.34. The monoisotopic (exact) mass is 334 g/mol. The van der Waals surface area contributed by atoms with Gasteiger partial charge in [0.2, 0.25) is 5.91 Å². The second-order valence-corrected chi connectivity index (χ2v) is 6.81. The molecule has 3 heterocycles. The third-order valence-corrected chi connectivity index (χ3v) is 4.69. The number of likely N-dealkylation sites (N-methyl/N-ethyl adjacent to an activating group) is 1. The van der Waals surface area contributed by atoms with Gasteiger partial charge in [0, 0.05) is 39.9 Å². The molecule has 0 bridgehead atoms. The highest BCUT2D eigenvalue weighted by Gasteiger charge is 2.23. The fourth-order valence-electron chi connectivity index (χ4n) is 2.68. The van der Waals surface area contributed by atoms with Crippen LogP contribution in [0.2, 0.25) is 0 Å². The van der Waals surface area contributed by atoms with Crippen LogP contribution in [-0.4, -0.2) is 58.8 Å². The molecule has 1 amide bonds. The lowest BCUT2D eigenvalue weighted by Crippen LogP contribution is -2.36. The number of amides is 1. The van der Waals surface area contributed by atoms with Gasteiger partial charge in [-0.1, -0.05) is 0 Å². The Morgan fingerprint density at radius 3 is 3.04 bits per heavy atom. The maximum absolute atomic E-state index is 11.8. The van der Waals surface area contributed by atoms with Gasteiger partial charge in [0.15, 0.2) is 0 Å². The molecule has 124 valence electrons. The zero-order valence-electron chi connectivity index (χ0n) is 13.5. The maximum atomic E-state index is 11.8. The predicted octanol–water partition coefficient (Wildman–Crippen LogP) is 1.43. The summed E-state index contributed by atoms with van der Waals surface area (Å²) < 4.78 is 7.86. The zero-order valence-corrected chi connectivity index (χ0v) is 14.3. The van der Waals surface area contributed by atoms with Crippen molar-refractivity contribution in [1.82, 2.24) is 19.6 Å². The number of fused-ring (bicyclic) bond motifs is 1. The molecule has 0 radical (unpaired) electrons. The standard InChI is InChI=1S/C16H22N4O2S/c1-18(2)16(21)11-22-15-9-19(7-13-4-6-23-12-13)8-14-3-5-17-20(14)10-15/h3-6,12,15H,7-11H2,1-2H3. The van der Waals surface area contributed by atoms with Crippen LogP contribution >= 0.6 is 11.3 Å². The molecule has 1 aliphatic heterocycles. The summed E-state index contributed by atoms with van der Waals surface area (Å²) in [6.07, 6.45) is 1.78. The first-order chi connectivity index (χ1) is 11.1. The topological polar surface area (TPSA) is 50.6 Å². The average Bonchev–Trinajstić information content (AvgIpc) is 3.14. The number of hydrogen-bond donors (Lipinski definition) is 0. The summed E-state index contributed by atoms with van der Waals surface area (Å²) in [6, 6.07) is 4.20. The molecule has 0 aliphatic carbocycles. The summed E-state index contributed by atoms with van der Waals surface area (Å²) in [5.74, 6) is -0.0145. The summed E-state index contributed by atoms with van der Waals surface area (Å²) in [5.41, 5.74) is 2.50. The number of rotatable bonds is 5. The van der Waals surface area contributed by atoms with Crippen LogP contribution in [0.1, 0.15) is 11.3 Å². The SMILES string of the molecule is CN(C)C(=O)COC1CN(Cc2ccsc2)Cc2ccnn2C1. The van der Waals surface area contributed by atoms with Gasteiger partial charge in [0.1, 0.15) is 6.61 Å². The minimum Gasteiger partial charge on any atom is -0.365 e. The van der Waals surface area contributed by atoms with E-state index in [1.165, 1.54) is 11.3 Å². The molecule has 0 saturated heterocycles. The predicted molar refractivity (Wildman–Crippen MR) is 89.1 cm³/mol. The molecule has 1 aliphatic rings. The molecule has 0 saturated carbocycles. The Hall–Kier alpha value is -1.70. The zero-order chi connectivity index (χ0) is 16.2. The van der Waals surface area contributed by atoms with Crippen LogP contribution in [0.3, 0.4) is 0 Å². The maximum Gasteiger partial charge on any atom is 0.248 e. The molecule has 1 unspecified atom stereocenters. The van der Waals surface area contributed by atoms with Crippen molar-refractivity contribution in [1.29, 1.82) is 0 Å². The molecule has 6 nitrogen and oxygen atoms in total. The number of aromatic nitrogens is 2. The summed E-state index contributed by atoms with van der Waals surface area (Å²) in [7, 11) is 3.49. The smallest absolute Gasteiger partial charge is 0.248 e. The second kappa shape index (κ2) is 7.25. The highest BCUT2D eigenvalue weighted by Crippen LogP contribution is 2.17. The van der Waals surface area contributed by atoms with E-state index in [1.54, 1.807) is 30.3 Å². The van der Waals surface area contributed by atoms with E-state index < -0.39 is 0 Å². The lowest BCUT2D eigenvalue weighted by atomic mass is 10.2. The van der Waals surface area contributed by atoms with Gasteiger partial charge < -0.3 is 9.64 Å². The summed E-state index contributed by atoms with van der Waals surface area (Å²) in [5, 5.41) is 8.65. The largest absolute Gasteiger partial charge is 0.365 e. The van der Waals surface area contributed by atoms with E-state index in [9.17, 15) is 4.79 Å². The highest BCUT2D eigenvalue weighted by atomic mass is 32.1. The molecule has 0 aromatic carbocycles. The van der Waals surface area contributed by atoms with Gasteiger partial charge in [-0.3, -0.25) is 14.4 Å². The van der Waals surface area contributed by atoms with Gasteiger partial charge in [0.25, 0.3) is 0 Å². The van der Waals surface area contributed by atoms with E-state index >= 15 is 0 Å². The van der Waals surface area contributed by atoms with Crippen LogP contribution in [0, 0.1) is 0 Å². The normalized spacial score (nSPS) is 18.4. The van der Waals surface area contributed by atoms with E-state index in [0.717, 1.165) is 19.6 Å². The molecule has 2 aromatic heterocycles. The molecule has 2 aromatic rings. The molecular weight excluding hydrogens is 312 g/mol. The summed E-state index contributed by atoms with van der Waals surface area (Å²) in [4.78, 5) is 15.7. The lowest BCUT2D eigenvalue weighted by Gasteiger charge is -2.24. The van der Waals surface area contributed by atoms with Gasteiger partial charge in [-0.05, 0) is 28.5 Å². The average molecular weight is 334 g/mol.